The van der Waals surface area contributed by atoms with Gasteiger partial charge in [-0.25, -0.2) is 15.0 Å². The van der Waals surface area contributed by atoms with Crippen LogP contribution in [0.4, 0.5) is 5.95 Å². The number of aromatic amines is 1. The fraction of sp³-hybridized carbons (Fsp3) is 0.364. The summed E-state index contributed by atoms with van der Waals surface area (Å²) in [7, 11) is 0. The maximum absolute atomic E-state index is 6.34. The molecule has 0 atom stereocenters. The number of anilines is 1. The van der Waals surface area contributed by atoms with Crippen LogP contribution >= 0.6 is 11.6 Å². The van der Waals surface area contributed by atoms with Crippen molar-refractivity contribution in [1.29, 1.82) is 0 Å². The molecule has 1 fully saturated rings. The number of fused-ring (bicyclic) bond motifs is 1. The predicted octanol–water partition coefficient (Wildman–Crippen LogP) is 4.40. The third-order valence-electron chi connectivity index (χ3n) is 5.43. The Kier molecular flexibility index (Phi) is 5.11. The summed E-state index contributed by atoms with van der Waals surface area (Å²) in [6, 6.07) is 3.92. The van der Waals surface area contributed by atoms with E-state index in [0.717, 1.165) is 66.3 Å². The second-order valence-electron chi connectivity index (χ2n) is 8.34. The molecular formula is C22H24ClN7O. The summed E-state index contributed by atoms with van der Waals surface area (Å²) < 4.78 is 7.41. The number of nitrogens with zero attached hydrogens (tertiary/aromatic N) is 5. The van der Waals surface area contributed by atoms with Crippen LogP contribution in [0.25, 0.3) is 33.5 Å². The molecule has 0 unspecified atom stereocenters. The number of hydrogen-bond donors (Lipinski definition) is 2. The van der Waals surface area contributed by atoms with Gasteiger partial charge in [-0.05, 0) is 18.6 Å². The van der Waals surface area contributed by atoms with E-state index in [0.29, 0.717) is 11.0 Å². The molecule has 0 aliphatic carbocycles. The highest BCUT2D eigenvalue weighted by Gasteiger charge is 2.34. The average molecular weight is 438 g/mol. The van der Waals surface area contributed by atoms with E-state index >= 15 is 0 Å². The summed E-state index contributed by atoms with van der Waals surface area (Å²) in [5.74, 6) is 0.611. The second-order valence-corrected chi connectivity index (χ2v) is 8.75. The molecule has 0 bridgehead atoms. The Hall–Kier alpha value is -2.97. The van der Waals surface area contributed by atoms with Crippen LogP contribution in [0, 0.1) is 5.41 Å². The van der Waals surface area contributed by atoms with Crippen molar-refractivity contribution < 1.29 is 4.74 Å². The summed E-state index contributed by atoms with van der Waals surface area (Å²) in [4.78, 5) is 16.7. The van der Waals surface area contributed by atoms with Gasteiger partial charge >= 0.3 is 0 Å². The molecule has 0 saturated carbocycles. The molecule has 1 aliphatic rings. The number of halogens is 1. The standard InChI is InChI=1S/C22H24ClN7O/c1-3-5-24-21-25-6-4-18(28-21)16-10-30(11-22(2)12-31-13-22)29-19(16)14-7-15-17(23)9-27-20(15)26-8-14/h4,6-10H,3,5,11-13H2,1-2H3,(H,26,27)(H,24,25,28). The lowest BCUT2D eigenvalue weighted by Crippen LogP contribution is -2.43. The smallest absolute Gasteiger partial charge is 0.223 e. The van der Waals surface area contributed by atoms with Gasteiger partial charge in [0, 0.05) is 53.3 Å². The van der Waals surface area contributed by atoms with E-state index in [1.165, 1.54) is 0 Å². The Balaban J connectivity index is 1.60. The molecule has 5 heterocycles. The minimum atomic E-state index is 0.0895. The van der Waals surface area contributed by atoms with E-state index in [1.807, 2.05) is 29.2 Å². The van der Waals surface area contributed by atoms with Crippen LogP contribution in [-0.4, -0.2) is 49.5 Å². The summed E-state index contributed by atoms with van der Waals surface area (Å²) >= 11 is 6.34. The molecule has 8 nitrogen and oxygen atoms in total. The molecule has 4 aromatic heterocycles. The van der Waals surface area contributed by atoms with Crippen molar-refractivity contribution in [3.8, 4) is 22.5 Å². The lowest BCUT2D eigenvalue weighted by atomic mass is 9.89. The van der Waals surface area contributed by atoms with Crippen molar-refractivity contribution in [3.63, 3.8) is 0 Å². The average Bonchev–Trinajstić information content (AvgIpc) is 3.35. The first-order valence-corrected chi connectivity index (χ1v) is 10.8. The number of aromatic nitrogens is 6. The van der Waals surface area contributed by atoms with Gasteiger partial charge in [0.15, 0.2) is 0 Å². The van der Waals surface area contributed by atoms with Gasteiger partial charge in [0.2, 0.25) is 5.95 Å². The maximum Gasteiger partial charge on any atom is 0.223 e. The molecule has 0 spiro atoms. The lowest BCUT2D eigenvalue weighted by Gasteiger charge is -2.37. The van der Waals surface area contributed by atoms with E-state index in [9.17, 15) is 0 Å². The zero-order valence-electron chi connectivity index (χ0n) is 17.5. The van der Waals surface area contributed by atoms with Gasteiger partial charge in [-0.2, -0.15) is 5.10 Å². The lowest BCUT2D eigenvalue weighted by molar-refractivity contribution is -0.111. The topological polar surface area (TPSA) is 93.5 Å². The van der Waals surface area contributed by atoms with Crippen molar-refractivity contribution in [2.45, 2.75) is 26.8 Å². The van der Waals surface area contributed by atoms with Crippen LogP contribution in [0.1, 0.15) is 20.3 Å². The van der Waals surface area contributed by atoms with Crippen molar-refractivity contribution in [2.75, 3.05) is 25.1 Å². The fourth-order valence-corrected chi connectivity index (χ4v) is 3.97. The van der Waals surface area contributed by atoms with Crippen molar-refractivity contribution >= 4 is 28.6 Å². The van der Waals surface area contributed by atoms with Crippen LogP contribution in [0.5, 0.6) is 0 Å². The Morgan fingerprint density at radius 2 is 2.19 bits per heavy atom. The molecule has 5 rings (SSSR count). The van der Waals surface area contributed by atoms with E-state index in [2.05, 4.69) is 34.1 Å². The molecule has 4 aromatic rings. The minimum absolute atomic E-state index is 0.0895. The molecule has 160 valence electrons. The summed E-state index contributed by atoms with van der Waals surface area (Å²) in [5.41, 5.74) is 4.28. The Bertz CT molecular complexity index is 1230. The van der Waals surface area contributed by atoms with Crippen LogP contribution < -0.4 is 5.32 Å². The first-order valence-electron chi connectivity index (χ1n) is 10.4. The first-order chi connectivity index (χ1) is 15.0. The minimum Gasteiger partial charge on any atom is -0.380 e. The van der Waals surface area contributed by atoms with Crippen LogP contribution in [0.3, 0.4) is 0 Å². The molecule has 1 saturated heterocycles. The molecule has 1 aliphatic heterocycles. The molecule has 31 heavy (non-hydrogen) atoms. The van der Waals surface area contributed by atoms with Gasteiger partial charge in [0.05, 0.1) is 30.5 Å². The zero-order valence-corrected chi connectivity index (χ0v) is 18.3. The molecular weight excluding hydrogens is 414 g/mol. The van der Waals surface area contributed by atoms with Gasteiger partial charge < -0.3 is 15.0 Å². The molecule has 0 radical (unpaired) electrons. The van der Waals surface area contributed by atoms with Crippen molar-refractivity contribution in [1.82, 2.24) is 29.7 Å². The quantitative estimate of drug-likeness (QED) is 0.445. The van der Waals surface area contributed by atoms with Gasteiger partial charge in [0.25, 0.3) is 0 Å². The Labute approximate surface area is 185 Å². The molecule has 2 N–H and O–H groups in total. The Morgan fingerprint density at radius 1 is 1.32 bits per heavy atom. The maximum atomic E-state index is 6.34. The van der Waals surface area contributed by atoms with Gasteiger partial charge in [-0.15, -0.1) is 0 Å². The zero-order chi connectivity index (χ0) is 21.4. The van der Waals surface area contributed by atoms with E-state index in [4.69, 9.17) is 26.4 Å². The number of hydrogen-bond acceptors (Lipinski definition) is 6. The predicted molar refractivity (Wildman–Crippen MR) is 121 cm³/mol. The van der Waals surface area contributed by atoms with Crippen LogP contribution in [0.2, 0.25) is 5.02 Å². The highest BCUT2D eigenvalue weighted by molar-refractivity contribution is 6.35. The fourth-order valence-electron chi connectivity index (χ4n) is 3.77. The second kappa shape index (κ2) is 7.94. The third-order valence-corrected chi connectivity index (χ3v) is 5.74. The largest absolute Gasteiger partial charge is 0.380 e. The number of H-pyrrole nitrogens is 1. The molecule has 0 amide bonds. The number of rotatable bonds is 7. The monoisotopic (exact) mass is 437 g/mol. The molecule has 9 heteroatoms. The van der Waals surface area contributed by atoms with Crippen LogP contribution in [-0.2, 0) is 11.3 Å². The first kappa shape index (κ1) is 20.0. The van der Waals surface area contributed by atoms with Gasteiger partial charge in [0.1, 0.15) is 11.3 Å². The molecule has 0 aromatic carbocycles. The normalized spacial score (nSPS) is 15.2. The summed E-state index contributed by atoms with van der Waals surface area (Å²) in [6.07, 6.45) is 8.38. The number of ether oxygens (including phenoxy) is 1. The summed E-state index contributed by atoms with van der Waals surface area (Å²) in [6.45, 7) is 7.39. The van der Waals surface area contributed by atoms with Gasteiger partial charge in [-0.1, -0.05) is 25.4 Å². The van der Waals surface area contributed by atoms with E-state index in [1.54, 1.807) is 12.4 Å². The highest BCUT2D eigenvalue weighted by Crippen LogP contribution is 2.35. The van der Waals surface area contributed by atoms with Crippen molar-refractivity contribution in [2.24, 2.45) is 5.41 Å². The number of nitrogens with one attached hydrogen (secondary N) is 2. The Morgan fingerprint density at radius 3 is 2.97 bits per heavy atom. The summed E-state index contributed by atoms with van der Waals surface area (Å²) in [5, 5.41) is 9.68. The van der Waals surface area contributed by atoms with E-state index in [-0.39, 0.29) is 5.41 Å². The van der Waals surface area contributed by atoms with Crippen molar-refractivity contribution in [3.05, 3.63) is 41.9 Å². The van der Waals surface area contributed by atoms with Gasteiger partial charge in [-0.3, -0.25) is 4.68 Å². The van der Waals surface area contributed by atoms with Crippen LogP contribution in [0.15, 0.2) is 36.9 Å². The SMILES string of the molecule is CCCNc1nccc(-c2cn(CC3(C)COC3)nc2-c2cnc3[nH]cc(Cl)c3c2)n1. The highest BCUT2D eigenvalue weighted by atomic mass is 35.5. The number of pyridine rings is 1. The van der Waals surface area contributed by atoms with E-state index < -0.39 is 0 Å². The third kappa shape index (κ3) is 3.88.